The molecule has 1 fully saturated rings. The summed E-state index contributed by atoms with van der Waals surface area (Å²) in [6, 6.07) is 6.22. The summed E-state index contributed by atoms with van der Waals surface area (Å²) >= 11 is 0. The molecule has 0 spiro atoms. The molecule has 0 bridgehead atoms. The summed E-state index contributed by atoms with van der Waals surface area (Å²) in [5.74, 6) is 0.604. The van der Waals surface area contributed by atoms with Crippen LogP contribution in [0.5, 0.6) is 0 Å². The number of nitrogens with one attached hydrogen (secondary N) is 2. The SMILES string of the molecule is CNS(=O)(=O)c1ccc(C(=O)NC2CCC(C)CC2)cc1. The lowest BCUT2D eigenvalue weighted by Gasteiger charge is -2.26. The van der Waals surface area contributed by atoms with Crippen molar-refractivity contribution in [1.29, 1.82) is 0 Å². The molecule has 5 nitrogen and oxygen atoms in total. The van der Waals surface area contributed by atoms with Gasteiger partial charge in [-0.05, 0) is 62.9 Å². The summed E-state index contributed by atoms with van der Waals surface area (Å²) in [6.07, 6.45) is 4.31. The van der Waals surface area contributed by atoms with E-state index in [9.17, 15) is 13.2 Å². The number of carbonyl (C=O) groups is 1. The Labute approximate surface area is 126 Å². The number of sulfonamides is 1. The fraction of sp³-hybridized carbons (Fsp3) is 0.533. The third kappa shape index (κ3) is 4.04. The summed E-state index contributed by atoms with van der Waals surface area (Å²) in [7, 11) is -2.09. The van der Waals surface area contributed by atoms with Gasteiger partial charge in [-0.15, -0.1) is 0 Å². The molecule has 0 unspecified atom stereocenters. The zero-order chi connectivity index (χ0) is 15.5. The molecule has 0 atom stereocenters. The predicted octanol–water partition coefficient (Wildman–Crippen LogP) is 1.90. The van der Waals surface area contributed by atoms with Crippen molar-refractivity contribution in [3.05, 3.63) is 29.8 Å². The smallest absolute Gasteiger partial charge is 0.251 e. The average molecular weight is 310 g/mol. The number of hydrogen-bond acceptors (Lipinski definition) is 3. The molecule has 1 aliphatic rings. The number of amides is 1. The van der Waals surface area contributed by atoms with Crippen LogP contribution in [0.2, 0.25) is 0 Å². The molecular formula is C15H22N2O3S. The lowest BCUT2D eigenvalue weighted by atomic mass is 9.87. The third-order valence-electron chi connectivity index (χ3n) is 4.05. The predicted molar refractivity (Wildman–Crippen MR) is 81.6 cm³/mol. The Bertz CT molecular complexity index is 588. The van der Waals surface area contributed by atoms with Gasteiger partial charge in [0, 0.05) is 11.6 Å². The highest BCUT2D eigenvalue weighted by atomic mass is 32.2. The molecule has 116 valence electrons. The molecule has 1 amide bonds. The van der Waals surface area contributed by atoms with E-state index in [2.05, 4.69) is 17.0 Å². The molecule has 2 N–H and O–H groups in total. The standard InChI is InChI=1S/C15H22N2O3S/c1-11-3-7-13(8-4-11)17-15(18)12-5-9-14(10-6-12)21(19,20)16-2/h5-6,9-11,13,16H,3-4,7-8H2,1-2H3,(H,17,18). The Balaban J connectivity index is 2.00. The molecule has 1 aromatic rings. The van der Waals surface area contributed by atoms with Gasteiger partial charge in [-0.3, -0.25) is 4.79 Å². The lowest BCUT2D eigenvalue weighted by Crippen LogP contribution is -2.37. The Kier molecular flexibility index (Phi) is 5.00. The van der Waals surface area contributed by atoms with Crippen LogP contribution in [0.4, 0.5) is 0 Å². The first-order chi connectivity index (χ1) is 9.92. The Hall–Kier alpha value is -1.40. The van der Waals surface area contributed by atoms with Crippen LogP contribution in [0.15, 0.2) is 29.2 Å². The first-order valence-corrected chi connectivity index (χ1v) is 8.75. The van der Waals surface area contributed by atoms with E-state index in [1.165, 1.54) is 19.2 Å². The zero-order valence-corrected chi connectivity index (χ0v) is 13.2. The molecule has 21 heavy (non-hydrogen) atoms. The van der Waals surface area contributed by atoms with Gasteiger partial charge in [0.05, 0.1) is 4.90 Å². The van der Waals surface area contributed by atoms with Crippen molar-refractivity contribution >= 4 is 15.9 Å². The van der Waals surface area contributed by atoms with Gasteiger partial charge >= 0.3 is 0 Å². The summed E-state index contributed by atoms with van der Waals surface area (Å²) in [4.78, 5) is 12.3. The maximum atomic E-state index is 12.1. The van der Waals surface area contributed by atoms with Gasteiger partial charge in [0.2, 0.25) is 10.0 Å². The quantitative estimate of drug-likeness (QED) is 0.892. The molecule has 0 radical (unpaired) electrons. The van der Waals surface area contributed by atoms with Gasteiger partial charge in [0.15, 0.2) is 0 Å². The van der Waals surface area contributed by atoms with Crippen molar-refractivity contribution < 1.29 is 13.2 Å². The van der Waals surface area contributed by atoms with Crippen LogP contribution in [0.1, 0.15) is 43.0 Å². The fourth-order valence-corrected chi connectivity index (χ4v) is 3.31. The van der Waals surface area contributed by atoms with E-state index in [0.717, 1.165) is 31.6 Å². The fourth-order valence-electron chi connectivity index (χ4n) is 2.58. The summed E-state index contributed by atoms with van der Waals surface area (Å²) in [6.45, 7) is 2.24. The highest BCUT2D eigenvalue weighted by Gasteiger charge is 2.20. The minimum atomic E-state index is -3.46. The van der Waals surface area contributed by atoms with Gasteiger partial charge in [-0.25, -0.2) is 13.1 Å². The van der Waals surface area contributed by atoms with Crippen molar-refractivity contribution in [2.24, 2.45) is 5.92 Å². The average Bonchev–Trinajstić information content (AvgIpc) is 2.49. The van der Waals surface area contributed by atoms with E-state index in [0.29, 0.717) is 5.56 Å². The summed E-state index contributed by atoms with van der Waals surface area (Å²) in [5.41, 5.74) is 0.490. The van der Waals surface area contributed by atoms with Gasteiger partial charge in [0.1, 0.15) is 0 Å². The summed E-state index contributed by atoms with van der Waals surface area (Å²) < 4.78 is 25.5. The third-order valence-corrected chi connectivity index (χ3v) is 5.48. The Morgan fingerprint density at radius 1 is 1.10 bits per heavy atom. The largest absolute Gasteiger partial charge is 0.349 e. The van der Waals surface area contributed by atoms with Crippen LogP contribution in [-0.4, -0.2) is 27.4 Å². The molecule has 1 aliphatic carbocycles. The number of rotatable bonds is 4. The van der Waals surface area contributed by atoms with Crippen LogP contribution < -0.4 is 10.0 Å². The van der Waals surface area contributed by atoms with Crippen LogP contribution >= 0.6 is 0 Å². The zero-order valence-electron chi connectivity index (χ0n) is 12.4. The Morgan fingerprint density at radius 2 is 1.67 bits per heavy atom. The molecule has 1 aromatic carbocycles. The monoisotopic (exact) mass is 310 g/mol. The van der Waals surface area contributed by atoms with Crippen molar-refractivity contribution in [1.82, 2.24) is 10.0 Å². The van der Waals surface area contributed by atoms with E-state index in [4.69, 9.17) is 0 Å². The van der Waals surface area contributed by atoms with E-state index < -0.39 is 10.0 Å². The maximum absolute atomic E-state index is 12.1. The molecule has 0 aromatic heterocycles. The highest BCUT2D eigenvalue weighted by molar-refractivity contribution is 7.89. The molecule has 0 heterocycles. The Morgan fingerprint density at radius 3 is 2.19 bits per heavy atom. The number of carbonyl (C=O) groups excluding carboxylic acids is 1. The molecule has 6 heteroatoms. The van der Waals surface area contributed by atoms with E-state index >= 15 is 0 Å². The topological polar surface area (TPSA) is 75.3 Å². The van der Waals surface area contributed by atoms with E-state index in [1.807, 2.05) is 0 Å². The van der Waals surface area contributed by atoms with Crippen molar-refractivity contribution in [3.8, 4) is 0 Å². The second kappa shape index (κ2) is 6.58. The van der Waals surface area contributed by atoms with E-state index in [1.54, 1.807) is 12.1 Å². The second-order valence-corrected chi connectivity index (χ2v) is 7.55. The molecular weight excluding hydrogens is 288 g/mol. The second-order valence-electron chi connectivity index (χ2n) is 5.66. The van der Waals surface area contributed by atoms with Gasteiger partial charge in [-0.1, -0.05) is 6.92 Å². The van der Waals surface area contributed by atoms with Crippen molar-refractivity contribution in [2.45, 2.75) is 43.5 Å². The van der Waals surface area contributed by atoms with Crippen LogP contribution in [-0.2, 0) is 10.0 Å². The number of hydrogen-bond donors (Lipinski definition) is 2. The van der Waals surface area contributed by atoms with E-state index in [-0.39, 0.29) is 16.8 Å². The van der Waals surface area contributed by atoms with Crippen molar-refractivity contribution in [2.75, 3.05) is 7.05 Å². The minimum absolute atomic E-state index is 0.136. The first-order valence-electron chi connectivity index (χ1n) is 7.27. The summed E-state index contributed by atoms with van der Waals surface area (Å²) in [5, 5.41) is 3.02. The first kappa shape index (κ1) is 16.0. The van der Waals surface area contributed by atoms with Crippen LogP contribution in [0.3, 0.4) is 0 Å². The van der Waals surface area contributed by atoms with Gasteiger partial charge in [-0.2, -0.15) is 0 Å². The van der Waals surface area contributed by atoms with Gasteiger partial charge < -0.3 is 5.32 Å². The molecule has 0 aliphatic heterocycles. The van der Waals surface area contributed by atoms with Gasteiger partial charge in [0.25, 0.3) is 5.91 Å². The van der Waals surface area contributed by atoms with Crippen LogP contribution in [0.25, 0.3) is 0 Å². The van der Waals surface area contributed by atoms with Crippen LogP contribution in [0, 0.1) is 5.92 Å². The highest BCUT2D eigenvalue weighted by Crippen LogP contribution is 2.23. The minimum Gasteiger partial charge on any atom is -0.349 e. The molecule has 2 rings (SSSR count). The van der Waals surface area contributed by atoms with Crippen molar-refractivity contribution in [3.63, 3.8) is 0 Å². The lowest BCUT2D eigenvalue weighted by molar-refractivity contribution is 0.0923. The molecule has 0 saturated heterocycles. The number of benzene rings is 1. The molecule has 1 saturated carbocycles. The maximum Gasteiger partial charge on any atom is 0.251 e. The normalized spacial score (nSPS) is 22.8.